The van der Waals surface area contributed by atoms with Crippen LogP contribution in [0, 0.1) is 5.92 Å². The predicted octanol–water partition coefficient (Wildman–Crippen LogP) is 12.1. The number of unbranched alkanes of at least 4 members (excludes halogenated alkanes) is 20. The monoisotopic (exact) mass is 565 g/mol. The van der Waals surface area contributed by atoms with Crippen LogP contribution in [0.15, 0.2) is 11.6 Å². The number of hydrogen-bond donors (Lipinski definition) is 2. The van der Waals surface area contributed by atoms with Crippen molar-refractivity contribution in [2.45, 2.75) is 200 Å². The van der Waals surface area contributed by atoms with E-state index in [0.717, 1.165) is 38.0 Å². The van der Waals surface area contributed by atoms with Crippen LogP contribution in [-0.2, 0) is 9.59 Å². The molecular weight excluding hydrogens is 496 g/mol. The van der Waals surface area contributed by atoms with Crippen LogP contribution in [0.1, 0.15) is 200 Å². The Morgan fingerprint density at radius 2 is 0.825 bits per heavy atom. The molecule has 0 radical (unpaired) electrons. The van der Waals surface area contributed by atoms with Gasteiger partial charge in [0, 0.05) is 12.8 Å². The van der Waals surface area contributed by atoms with E-state index >= 15 is 0 Å². The minimum absolute atomic E-state index is 0.313. The molecule has 1 atom stereocenters. The summed E-state index contributed by atoms with van der Waals surface area (Å²) in [4.78, 5) is 21.4. The summed E-state index contributed by atoms with van der Waals surface area (Å²) in [5.41, 5.74) is 1.75. The fourth-order valence-electron chi connectivity index (χ4n) is 5.88. The first-order chi connectivity index (χ1) is 19.5. The molecule has 4 heteroatoms. The SMILES string of the molecule is CCCCCCC/C=C(/CCCCCCCCC(=O)O)C(CCCCCCCC)CCCCCCCCC(=O)O. The maximum absolute atomic E-state index is 10.7. The van der Waals surface area contributed by atoms with Crippen molar-refractivity contribution < 1.29 is 19.8 Å². The summed E-state index contributed by atoms with van der Waals surface area (Å²) in [6.45, 7) is 4.57. The Kier molecular flexibility index (Phi) is 29.6. The van der Waals surface area contributed by atoms with Crippen molar-refractivity contribution in [3.8, 4) is 0 Å². The fraction of sp³-hybridized carbons (Fsp3) is 0.889. The summed E-state index contributed by atoms with van der Waals surface area (Å²) in [7, 11) is 0. The number of carbonyl (C=O) groups is 2. The van der Waals surface area contributed by atoms with Crippen LogP contribution in [0.3, 0.4) is 0 Å². The number of allylic oxidation sites excluding steroid dienone is 2. The average Bonchev–Trinajstić information content (AvgIpc) is 2.92. The van der Waals surface area contributed by atoms with Gasteiger partial charge in [-0.15, -0.1) is 0 Å². The van der Waals surface area contributed by atoms with Gasteiger partial charge in [0.1, 0.15) is 0 Å². The van der Waals surface area contributed by atoms with E-state index in [1.54, 1.807) is 5.57 Å². The normalized spacial score (nSPS) is 12.6. The predicted molar refractivity (Wildman–Crippen MR) is 172 cm³/mol. The molecule has 0 saturated carbocycles. The zero-order valence-corrected chi connectivity index (χ0v) is 26.9. The smallest absolute Gasteiger partial charge is 0.303 e. The summed E-state index contributed by atoms with van der Waals surface area (Å²) in [6.07, 6.45) is 37.0. The van der Waals surface area contributed by atoms with E-state index in [0.29, 0.717) is 12.8 Å². The second-order valence-corrected chi connectivity index (χ2v) is 12.3. The third kappa shape index (κ3) is 28.2. The standard InChI is InChI=1S/C36H68O4/c1-3-5-7-9-15-21-27-33(29-23-17-11-13-19-25-31-35(37)38)34(28-22-16-10-8-6-4-2)30-24-18-12-14-20-26-32-36(39)40/h27,34H,3-26,28-32H2,1-2H3,(H,37,38)(H,39,40)/b33-27-. The summed E-state index contributed by atoms with van der Waals surface area (Å²) in [5, 5.41) is 17.7. The van der Waals surface area contributed by atoms with Gasteiger partial charge in [-0.2, -0.15) is 0 Å². The molecule has 0 rings (SSSR count). The fourth-order valence-corrected chi connectivity index (χ4v) is 5.88. The molecule has 0 aliphatic heterocycles. The van der Waals surface area contributed by atoms with Crippen molar-refractivity contribution in [3.63, 3.8) is 0 Å². The molecule has 0 saturated heterocycles. The Balaban J connectivity index is 4.82. The lowest BCUT2D eigenvalue weighted by molar-refractivity contribution is -0.138. The van der Waals surface area contributed by atoms with Gasteiger partial charge in [-0.25, -0.2) is 0 Å². The number of carboxylic acids is 2. The Morgan fingerprint density at radius 1 is 0.475 bits per heavy atom. The summed E-state index contributed by atoms with van der Waals surface area (Å²) in [5.74, 6) is -0.594. The number of aliphatic carboxylic acids is 2. The van der Waals surface area contributed by atoms with E-state index in [1.165, 1.54) is 141 Å². The molecule has 1 unspecified atom stereocenters. The number of hydrogen-bond acceptors (Lipinski definition) is 2. The second-order valence-electron chi connectivity index (χ2n) is 12.3. The zero-order chi connectivity index (χ0) is 29.5. The average molecular weight is 565 g/mol. The summed E-state index contributed by atoms with van der Waals surface area (Å²) < 4.78 is 0. The van der Waals surface area contributed by atoms with Gasteiger partial charge in [0.05, 0.1) is 0 Å². The van der Waals surface area contributed by atoms with Crippen molar-refractivity contribution in [1.29, 1.82) is 0 Å². The summed E-state index contributed by atoms with van der Waals surface area (Å²) in [6, 6.07) is 0. The third-order valence-electron chi connectivity index (χ3n) is 8.44. The molecule has 0 aromatic rings. The highest BCUT2D eigenvalue weighted by atomic mass is 16.4. The third-order valence-corrected chi connectivity index (χ3v) is 8.44. The first-order valence-electron chi connectivity index (χ1n) is 17.6. The first-order valence-corrected chi connectivity index (χ1v) is 17.6. The highest BCUT2D eigenvalue weighted by Crippen LogP contribution is 2.30. The maximum Gasteiger partial charge on any atom is 0.303 e. The van der Waals surface area contributed by atoms with Gasteiger partial charge in [-0.05, 0) is 57.3 Å². The van der Waals surface area contributed by atoms with Crippen LogP contribution in [0.4, 0.5) is 0 Å². The van der Waals surface area contributed by atoms with E-state index in [9.17, 15) is 9.59 Å². The highest BCUT2D eigenvalue weighted by molar-refractivity contribution is 5.66. The minimum atomic E-state index is -0.668. The molecule has 0 spiro atoms. The van der Waals surface area contributed by atoms with Crippen molar-refractivity contribution in [1.82, 2.24) is 0 Å². The molecule has 0 aromatic carbocycles. The molecule has 0 amide bonds. The van der Waals surface area contributed by atoms with Crippen LogP contribution >= 0.6 is 0 Å². The van der Waals surface area contributed by atoms with E-state index < -0.39 is 11.9 Å². The molecule has 0 aliphatic rings. The second kappa shape index (κ2) is 30.6. The van der Waals surface area contributed by atoms with E-state index in [1.807, 2.05) is 0 Å². The Bertz CT molecular complexity index is 598. The molecule has 0 fully saturated rings. The Labute approximate surface area is 249 Å². The van der Waals surface area contributed by atoms with Gasteiger partial charge < -0.3 is 10.2 Å². The number of carboxylic acid groups (broad SMARTS) is 2. The van der Waals surface area contributed by atoms with Crippen LogP contribution in [-0.4, -0.2) is 22.2 Å². The molecule has 0 aromatic heterocycles. The molecule has 40 heavy (non-hydrogen) atoms. The van der Waals surface area contributed by atoms with Crippen molar-refractivity contribution >= 4 is 11.9 Å². The van der Waals surface area contributed by atoms with Crippen LogP contribution in [0.5, 0.6) is 0 Å². The van der Waals surface area contributed by atoms with Crippen LogP contribution < -0.4 is 0 Å². The maximum atomic E-state index is 10.7. The molecule has 0 bridgehead atoms. The highest BCUT2D eigenvalue weighted by Gasteiger charge is 2.14. The lowest BCUT2D eigenvalue weighted by atomic mass is 9.84. The van der Waals surface area contributed by atoms with Crippen LogP contribution in [0.25, 0.3) is 0 Å². The van der Waals surface area contributed by atoms with E-state index in [-0.39, 0.29) is 0 Å². The van der Waals surface area contributed by atoms with E-state index in [2.05, 4.69) is 19.9 Å². The van der Waals surface area contributed by atoms with E-state index in [4.69, 9.17) is 10.2 Å². The Morgan fingerprint density at radius 3 is 1.25 bits per heavy atom. The molecule has 236 valence electrons. The van der Waals surface area contributed by atoms with Crippen molar-refractivity contribution in [2.75, 3.05) is 0 Å². The lowest BCUT2D eigenvalue weighted by Crippen LogP contribution is -2.06. The van der Waals surface area contributed by atoms with Gasteiger partial charge in [0.15, 0.2) is 0 Å². The first kappa shape index (κ1) is 38.7. The lowest BCUT2D eigenvalue weighted by Gasteiger charge is -2.22. The molecule has 0 heterocycles. The molecular formula is C36H68O4. The topological polar surface area (TPSA) is 74.6 Å². The largest absolute Gasteiger partial charge is 0.481 e. The van der Waals surface area contributed by atoms with Gasteiger partial charge >= 0.3 is 11.9 Å². The van der Waals surface area contributed by atoms with Crippen LogP contribution in [0.2, 0.25) is 0 Å². The summed E-state index contributed by atoms with van der Waals surface area (Å²) >= 11 is 0. The quantitative estimate of drug-likeness (QED) is 0.0629. The van der Waals surface area contributed by atoms with Gasteiger partial charge in [-0.1, -0.05) is 147 Å². The van der Waals surface area contributed by atoms with Gasteiger partial charge in [0.25, 0.3) is 0 Å². The van der Waals surface area contributed by atoms with Crippen molar-refractivity contribution in [3.05, 3.63) is 11.6 Å². The van der Waals surface area contributed by atoms with Gasteiger partial charge in [0.2, 0.25) is 0 Å². The zero-order valence-electron chi connectivity index (χ0n) is 26.9. The van der Waals surface area contributed by atoms with Crippen molar-refractivity contribution in [2.24, 2.45) is 5.92 Å². The Hall–Kier alpha value is -1.32. The molecule has 4 nitrogen and oxygen atoms in total. The molecule has 2 N–H and O–H groups in total. The minimum Gasteiger partial charge on any atom is -0.481 e. The van der Waals surface area contributed by atoms with Gasteiger partial charge in [-0.3, -0.25) is 9.59 Å². The molecule has 0 aliphatic carbocycles. The number of rotatable bonds is 32.